The predicted octanol–water partition coefficient (Wildman–Crippen LogP) is 2.11. The van der Waals surface area contributed by atoms with Crippen LogP contribution in [0.4, 0.5) is 0 Å². The van der Waals surface area contributed by atoms with Gasteiger partial charge in [-0.1, -0.05) is 29.8 Å². The summed E-state index contributed by atoms with van der Waals surface area (Å²) in [5.41, 5.74) is 2.31. The molecular weight excluding hydrogens is 276 g/mol. The summed E-state index contributed by atoms with van der Waals surface area (Å²) >= 11 is 0. The molecule has 0 radical (unpaired) electrons. The minimum atomic E-state index is 0.236. The van der Waals surface area contributed by atoms with Crippen LogP contribution in [0.15, 0.2) is 24.3 Å². The number of rotatable bonds is 6. The Kier molecular flexibility index (Phi) is 6.40. The fourth-order valence-electron chi connectivity index (χ4n) is 2.91. The van der Waals surface area contributed by atoms with Gasteiger partial charge in [-0.25, -0.2) is 0 Å². The SMILES string of the molecule is Cc1cccc(CC(=O)N(CCN(C)C)C2CCOCC2)c1. The van der Waals surface area contributed by atoms with Crippen LogP contribution in [-0.4, -0.2) is 62.1 Å². The van der Waals surface area contributed by atoms with Gasteiger partial charge in [0.2, 0.25) is 5.91 Å². The van der Waals surface area contributed by atoms with Crippen molar-refractivity contribution in [3.8, 4) is 0 Å². The van der Waals surface area contributed by atoms with E-state index in [9.17, 15) is 4.79 Å². The molecule has 1 aliphatic rings. The fraction of sp³-hybridized carbons (Fsp3) is 0.611. The van der Waals surface area contributed by atoms with Gasteiger partial charge in [0.25, 0.3) is 0 Å². The third-order valence-corrected chi connectivity index (χ3v) is 4.18. The highest BCUT2D eigenvalue weighted by Crippen LogP contribution is 2.16. The average Bonchev–Trinajstić information content (AvgIpc) is 2.48. The average molecular weight is 304 g/mol. The van der Waals surface area contributed by atoms with Crippen molar-refractivity contribution in [3.63, 3.8) is 0 Å². The zero-order chi connectivity index (χ0) is 15.9. The number of carbonyl (C=O) groups excluding carboxylic acids is 1. The Morgan fingerprint density at radius 1 is 1.23 bits per heavy atom. The standard InChI is InChI=1S/C18H28N2O2/c1-15-5-4-6-16(13-15)14-18(21)20(10-9-19(2)3)17-7-11-22-12-8-17/h4-6,13,17H,7-12,14H2,1-3H3. The van der Waals surface area contributed by atoms with E-state index in [2.05, 4.69) is 28.9 Å². The molecule has 0 atom stereocenters. The van der Waals surface area contributed by atoms with Crippen LogP contribution in [0.1, 0.15) is 24.0 Å². The number of hydrogen-bond acceptors (Lipinski definition) is 3. The Morgan fingerprint density at radius 3 is 2.59 bits per heavy atom. The Balaban J connectivity index is 2.03. The third kappa shape index (κ3) is 5.11. The van der Waals surface area contributed by atoms with Crippen molar-refractivity contribution in [1.82, 2.24) is 9.80 Å². The van der Waals surface area contributed by atoms with Crippen LogP contribution in [0.5, 0.6) is 0 Å². The number of ether oxygens (including phenoxy) is 1. The predicted molar refractivity (Wildman–Crippen MR) is 89.0 cm³/mol. The van der Waals surface area contributed by atoms with Gasteiger partial charge in [-0.3, -0.25) is 4.79 Å². The summed E-state index contributed by atoms with van der Waals surface area (Å²) < 4.78 is 5.44. The van der Waals surface area contributed by atoms with Gasteiger partial charge in [0, 0.05) is 32.3 Å². The van der Waals surface area contributed by atoms with Crippen LogP contribution in [-0.2, 0) is 16.0 Å². The number of likely N-dealkylation sites (N-methyl/N-ethyl adjacent to an activating group) is 1. The number of nitrogens with zero attached hydrogens (tertiary/aromatic N) is 2. The van der Waals surface area contributed by atoms with Crippen LogP contribution >= 0.6 is 0 Å². The van der Waals surface area contributed by atoms with Crippen LogP contribution in [0.3, 0.4) is 0 Å². The van der Waals surface area contributed by atoms with Gasteiger partial charge in [0.15, 0.2) is 0 Å². The topological polar surface area (TPSA) is 32.8 Å². The van der Waals surface area contributed by atoms with Gasteiger partial charge in [0.1, 0.15) is 0 Å². The smallest absolute Gasteiger partial charge is 0.227 e. The van der Waals surface area contributed by atoms with E-state index in [0.717, 1.165) is 44.7 Å². The highest BCUT2D eigenvalue weighted by Gasteiger charge is 2.25. The molecule has 1 saturated heterocycles. The second-order valence-electron chi connectivity index (χ2n) is 6.40. The Morgan fingerprint density at radius 2 is 1.95 bits per heavy atom. The molecule has 0 N–H and O–H groups in total. The highest BCUT2D eigenvalue weighted by molar-refractivity contribution is 5.79. The molecule has 1 fully saturated rings. The highest BCUT2D eigenvalue weighted by atomic mass is 16.5. The van der Waals surface area contributed by atoms with Crippen molar-refractivity contribution < 1.29 is 9.53 Å². The molecular formula is C18H28N2O2. The van der Waals surface area contributed by atoms with E-state index < -0.39 is 0 Å². The van der Waals surface area contributed by atoms with Crippen LogP contribution in [0.25, 0.3) is 0 Å². The summed E-state index contributed by atoms with van der Waals surface area (Å²) in [7, 11) is 4.10. The van der Waals surface area contributed by atoms with Crippen molar-refractivity contribution in [2.45, 2.75) is 32.2 Å². The maximum Gasteiger partial charge on any atom is 0.227 e. The van der Waals surface area contributed by atoms with E-state index in [1.165, 1.54) is 5.56 Å². The van der Waals surface area contributed by atoms with E-state index in [1.807, 2.05) is 26.2 Å². The first-order valence-electron chi connectivity index (χ1n) is 8.14. The van der Waals surface area contributed by atoms with Gasteiger partial charge in [0.05, 0.1) is 6.42 Å². The fourth-order valence-corrected chi connectivity index (χ4v) is 2.91. The van der Waals surface area contributed by atoms with E-state index in [1.54, 1.807) is 0 Å². The molecule has 0 spiro atoms. The summed E-state index contributed by atoms with van der Waals surface area (Å²) in [6, 6.07) is 8.56. The molecule has 0 saturated carbocycles. The largest absolute Gasteiger partial charge is 0.381 e. The van der Waals surface area contributed by atoms with E-state index >= 15 is 0 Å². The van der Waals surface area contributed by atoms with E-state index in [4.69, 9.17) is 4.74 Å². The van der Waals surface area contributed by atoms with Crippen molar-refractivity contribution in [1.29, 1.82) is 0 Å². The lowest BCUT2D eigenvalue weighted by Crippen LogP contribution is -2.46. The number of amides is 1. The van der Waals surface area contributed by atoms with Gasteiger partial charge < -0.3 is 14.5 Å². The molecule has 4 heteroatoms. The first-order chi connectivity index (χ1) is 10.6. The maximum atomic E-state index is 12.8. The Hall–Kier alpha value is -1.39. The Labute approximate surface area is 134 Å². The first kappa shape index (κ1) is 17.0. The quantitative estimate of drug-likeness (QED) is 0.807. The van der Waals surface area contributed by atoms with Crippen LogP contribution in [0.2, 0.25) is 0 Å². The number of carbonyl (C=O) groups is 1. The molecule has 1 aromatic rings. The van der Waals surface area contributed by atoms with Gasteiger partial charge in [-0.15, -0.1) is 0 Å². The summed E-state index contributed by atoms with van der Waals surface area (Å²) in [5, 5.41) is 0. The maximum absolute atomic E-state index is 12.8. The lowest BCUT2D eigenvalue weighted by Gasteiger charge is -2.35. The van der Waals surface area contributed by atoms with Crippen LogP contribution in [0, 0.1) is 6.92 Å². The van der Waals surface area contributed by atoms with E-state index in [0.29, 0.717) is 12.5 Å². The van der Waals surface area contributed by atoms with Gasteiger partial charge >= 0.3 is 0 Å². The zero-order valence-corrected chi connectivity index (χ0v) is 14.0. The van der Waals surface area contributed by atoms with Crippen molar-refractivity contribution >= 4 is 5.91 Å². The molecule has 0 aromatic heterocycles. The lowest BCUT2D eigenvalue weighted by atomic mass is 10.0. The van der Waals surface area contributed by atoms with Crippen molar-refractivity contribution in [2.75, 3.05) is 40.4 Å². The minimum Gasteiger partial charge on any atom is -0.381 e. The molecule has 0 bridgehead atoms. The molecule has 1 amide bonds. The molecule has 0 unspecified atom stereocenters. The molecule has 1 heterocycles. The Bertz CT molecular complexity index is 482. The molecule has 4 nitrogen and oxygen atoms in total. The summed E-state index contributed by atoms with van der Waals surface area (Å²) in [5.74, 6) is 0.236. The third-order valence-electron chi connectivity index (χ3n) is 4.18. The molecule has 0 aliphatic carbocycles. The molecule has 1 aromatic carbocycles. The number of benzene rings is 1. The zero-order valence-electron chi connectivity index (χ0n) is 14.0. The summed E-state index contributed by atoms with van der Waals surface area (Å²) in [6.07, 6.45) is 2.40. The molecule has 22 heavy (non-hydrogen) atoms. The minimum absolute atomic E-state index is 0.236. The molecule has 122 valence electrons. The summed E-state index contributed by atoms with van der Waals surface area (Å²) in [6.45, 7) is 5.29. The second kappa shape index (κ2) is 8.30. The van der Waals surface area contributed by atoms with Gasteiger partial charge in [-0.2, -0.15) is 0 Å². The lowest BCUT2D eigenvalue weighted by molar-refractivity contribution is -0.134. The monoisotopic (exact) mass is 304 g/mol. The first-order valence-corrected chi connectivity index (χ1v) is 8.14. The van der Waals surface area contributed by atoms with Crippen molar-refractivity contribution in [3.05, 3.63) is 35.4 Å². The summed E-state index contributed by atoms with van der Waals surface area (Å²) in [4.78, 5) is 17.0. The number of aryl methyl sites for hydroxylation is 1. The van der Waals surface area contributed by atoms with Crippen molar-refractivity contribution in [2.24, 2.45) is 0 Å². The van der Waals surface area contributed by atoms with Gasteiger partial charge in [-0.05, 0) is 39.4 Å². The number of hydrogen-bond donors (Lipinski definition) is 0. The molecule has 2 rings (SSSR count). The molecule has 1 aliphatic heterocycles. The van der Waals surface area contributed by atoms with Crippen LogP contribution < -0.4 is 0 Å². The second-order valence-corrected chi connectivity index (χ2v) is 6.40. The normalized spacial score (nSPS) is 16.0. The van der Waals surface area contributed by atoms with E-state index in [-0.39, 0.29) is 5.91 Å².